The van der Waals surface area contributed by atoms with E-state index in [9.17, 15) is 18.3 Å². The number of guanidine groups is 1. The van der Waals surface area contributed by atoms with Crippen LogP contribution in [0.5, 0.6) is 5.75 Å². The topological polar surface area (TPSA) is 57.1 Å². The van der Waals surface area contributed by atoms with Crippen LogP contribution in [-0.4, -0.2) is 54.5 Å². The van der Waals surface area contributed by atoms with Crippen molar-refractivity contribution in [2.24, 2.45) is 4.99 Å². The summed E-state index contributed by atoms with van der Waals surface area (Å²) < 4.78 is 41.4. The van der Waals surface area contributed by atoms with E-state index in [2.05, 4.69) is 10.3 Å². The van der Waals surface area contributed by atoms with Gasteiger partial charge in [-0.1, -0.05) is 12.1 Å². The molecular weight excluding hydrogens is 450 g/mol. The van der Waals surface area contributed by atoms with Gasteiger partial charge in [-0.05, 0) is 31.0 Å². The molecule has 0 bridgehead atoms. The third kappa shape index (κ3) is 7.68. The van der Waals surface area contributed by atoms with Crippen LogP contribution < -0.4 is 10.1 Å². The van der Waals surface area contributed by atoms with Gasteiger partial charge in [0.05, 0.1) is 12.6 Å². The minimum Gasteiger partial charge on any atom is -0.484 e. The highest BCUT2D eigenvalue weighted by atomic mass is 127. The fourth-order valence-electron chi connectivity index (χ4n) is 2.42. The fraction of sp³-hybridized carbons (Fsp3) is 0.562. The van der Waals surface area contributed by atoms with Crippen molar-refractivity contribution in [3.63, 3.8) is 0 Å². The van der Waals surface area contributed by atoms with Crippen LogP contribution in [-0.2, 0) is 6.54 Å². The zero-order chi connectivity index (χ0) is 17.6. The van der Waals surface area contributed by atoms with Gasteiger partial charge in [0.1, 0.15) is 5.75 Å². The summed E-state index contributed by atoms with van der Waals surface area (Å²) >= 11 is 0. The maximum atomic E-state index is 12.2. The number of ether oxygens (including phenoxy) is 1. The number of hydrogen-bond donors (Lipinski definition) is 2. The van der Waals surface area contributed by atoms with E-state index in [0.29, 0.717) is 32.0 Å². The van der Waals surface area contributed by atoms with E-state index in [1.807, 2.05) is 11.8 Å². The number of benzene rings is 1. The van der Waals surface area contributed by atoms with Gasteiger partial charge in [-0.3, -0.25) is 0 Å². The Morgan fingerprint density at radius 2 is 2.20 bits per heavy atom. The lowest BCUT2D eigenvalue weighted by molar-refractivity contribution is -0.153. The highest BCUT2D eigenvalue weighted by Gasteiger charge is 2.28. The lowest BCUT2D eigenvalue weighted by atomic mass is 10.2. The first-order valence-electron chi connectivity index (χ1n) is 7.87. The summed E-state index contributed by atoms with van der Waals surface area (Å²) in [6, 6.07) is 6.47. The number of nitrogens with zero attached hydrogens (tertiary/aromatic N) is 2. The van der Waals surface area contributed by atoms with Crippen molar-refractivity contribution >= 4 is 29.9 Å². The second-order valence-electron chi connectivity index (χ2n) is 5.61. The van der Waals surface area contributed by atoms with Gasteiger partial charge in [-0.15, -0.1) is 24.0 Å². The third-order valence-electron chi connectivity index (χ3n) is 3.51. The summed E-state index contributed by atoms with van der Waals surface area (Å²) in [5.74, 6) is 0.859. The first-order valence-corrected chi connectivity index (χ1v) is 7.87. The summed E-state index contributed by atoms with van der Waals surface area (Å²) in [5.41, 5.74) is 0.754. The van der Waals surface area contributed by atoms with Crippen LogP contribution in [0.15, 0.2) is 29.3 Å². The quantitative estimate of drug-likeness (QED) is 0.393. The minimum atomic E-state index is -4.36. The number of alkyl halides is 3. The number of rotatable bonds is 5. The summed E-state index contributed by atoms with van der Waals surface area (Å²) in [6.07, 6.45) is -4.01. The molecule has 0 radical (unpaired) electrons. The molecule has 1 aliphatic heterocycles. The molecule has 1 saturated heterocycles. The molecule has 1 fully saturated rings. The van der Waals surface area contributed by atoms with Gasteiger partial charge in [-0.25, -0.2) is 4.99 Å². The number of aliphatic hydroxyl groups is 1. The van der Waals surface area contributed by atoms with Crippen molar-refractivity contribution in [1.82, 2.24) is 10.2 Å². The molecule has 1 aliphatic rings. The standard InChI is InChI=1S/C16H22F3N3O2.HI/c1-2-20-15(22-7-6-13(23)10-22)21-9-12-4-3-5-14(8-12)24-11-16(17,18)19;/h3-5,8,13,23H,2,6-7,9-11H2,1H3,(H,20,21);1H/t13-;/m1./s1. The van der Waals surface area contributed by atoms with Crippen molar-refractivity contribution in [3.05, 3.63) is 29.8 Å². The van der Waals surface area contributed by atoms with Gasteiger partial charge < -0.3 is 20.1 Å². The van der Waals surface area contributed by atoms with E-state index < -0.39 is 12.8 Å². The van der Waals surface area contributed by atoms with Crippen LogP contribution in [0.3, 0.4) is 0 Å². The van der Waals surface area contributed by atoms with Crippen molar-refractivity contribution < 1.29 is 23.0 Å². The maximum absolute atomic E-state index is 12.2. The van der Waals surface area contributed by atoms with E-state index in [0.717, 1.165) is 12.1 Å². The predicted octanol–water partition coefficient (Wildman–Crippen LogP) is 2.78. The Hall–Kier alpha value is -1.23. The lowest BCUT2D eigenvalue weighted by Crippen LogP contribution is -2.40. The molecule has 0 aliphatic carbocycles. The summed E-state index contributed by atoms with van der Waals surface area (Å²) in [6.45, 7) is 2.91. The number of nitrogens with one attached hydrogen (secondary N) is 1. The van der Waals surface area contributed by atoms with Crippen molar-refractivity contribution in [2.75, 3.05) is 26.2 Å². The molecule has 5 nitrogen and oxygen atoms in total. The van der Waals surface area contributed by atoms with Crippen LogP contribution >= 0.6 is 24.0 Å². The highest BCUT2D eigenvalue weighted by molar-refractivity contribution is 14.0. The molecule has 1 aromatic rings. The summed E-state index contributed by atoms with van der Waals surface area (Å²) in [7, 11) is 0. The van der Waals surface area contributed by atoms with Crippen LogP contribution in [0, 0.1) is 0 Å². The molecule has 0 saturated carbocycles. The van der Waals surface area contributed by atoms with Crippen LogP contribution in [0.2, 0.25) is 0 Å². The molecule has 1 heterocycles. The molecule has 142 valence electrons. The van der Waals surface area contributed by atoms with E-state index >= 15 is 0 Å². The second-order valence-corrected chi connectivity index (χ2v) is 5.61. The Balaban J connectivity index is 0.00000312. The fourth-order valence-corrected chi connectivity index (χ4v) is 2.42. The Morgan fingerprint density at radius 1 is 1.44 bits per heavy atom. The molecule has 25 heavy (non-hydrogen) atoms. The smallest absolute Gasteiger partial charge is 0.422 e. The van der Waals surface area contributed by atoms with Crippen molar-refractivity contribution in [1.29, 1.82) is 0 Å². The van der Waals surface area contributed by atoms with Crippen LogP contribution in [0.4, 0.5) is 13.2 Å². The number of hydrogen-bond acceptors (Lipinski definition) is 3. The van der Waals surface area contributed by atoms with Crippen molar-refractivity contribution in [3.8, 4) is 5.75 Å². The molecule has 0 aromatic heterocycles. The Bertz CT molecular complexity index is 570. The maximum Gasteiger partial charge on any atom is 0.422 e. The number of aliphatic hydroxyl groups excluding tert-OH is 1. The number of halogens is 4. The largest absolute Gasteiger partial charge is 0.484 e. The first kappa shape index (κ1) is 21.8. The highest BCUT2D eigenvalue weighted by Crippen LogP contribution is 2.20. The number of likely N-dealkylation sites (tertiary alicyclic amines) is 1. The van der Waals surface area contributed by atoms with E-state index in [1.165, 1.54) is 6.07 Å². The molecule has 2 rings (SSSR count). The van der Waals surface area contributed by atoms with Gasteiger partial charge in [0.2, 0.25) is 0 Å². The second kappa shape index (κ2) is 10.0. The van der Waals surface area contributed by atoms with Crippen LogP contribution in [0.25, 0.3) is 0 Å². The van der Waals surface area contributed by atoms with E-state index in [1.54, 1.807) is 18.2 Å². The average molecular weight is 473 g/mol. The monoisotopic (exact) mass is 473 g/mol. The van der Waals surface area contributed by atoms with Gasteiger partial charge >= 0.3 is 6.18 Å². The Kier molecular flexibility index (Phi) is 8.77. The van der Waals surface area contributed by atoms with Crippen LogP contribution in [0.1, 0.15) is 18.9 Å². The Labute approximate surface area is 162 Å². The summed E-state index contributed by atoms with van der Waals surface area (Å²) in [4.78, 5) is 6.46. The third-order valence-corrected chi connectivity index (χ3v) is 3.51. The lowest BCUT2D eigenvalue weighted by Gasteiger charge is -2.21. The molecule has 9 heteroatoms. The zero-order valence-corrected chi connectivity index (χ0v) is 16.3. The van der Waals surface area contributed by atoms with E-state index in [-0.39, 0.29) is 35.8 Å². The van der Waals surface area contributed by atoms with Crippen molar-refractivity contribution in [2.45, 2.75) is 32.2 Å². The van der Waals surface area contributed by atoms with E-state index in [4.69, 9.17) is 4.74 Å². The van der Waals surface area contributed by atoms with Gasteiger partial charge in [0.15, 0.2) is 12.6 Å². The average Bonchev–Trinajstić information content (AvgIpc) is 2.95. The van der Waals surface area contributed by atoms with Gasteiger partial charge in [0.25, 0.3) is 0 Å². The predicted molar refractivity (Wildman–Crippen MR) is 100 cm³/mol. The molecule has 1 aromatic carbocycles. The molecular formula is C16H23F3IN3O2. The molecule has 0 spiro atoms. The number of β-amino-alcohol motifs (C(OH)–C–C–N with tert-alkyl or cyclic N) is 1. The number of aliphatic imine (C=N–C) groups is 1. The van der Waals surface area contributed by atoms with Gasteiger partial charge in [0, 0.05) is 19.6 Å². The zero-order valence-electron chi connectivity index (χ0n) is 13.9. The first-order chi connectivity index (χ1) is 11.4. The molecule has 1 atom stereocenters. The Morgan fingerprint density at radius 3 is 2.80 bits per heavy atom. The molecule has 0 amide bonds. The molecule has 2 N–H and O–H groups in total. The summed E-state index contributed by atoms with van der Waals surface area (Å²) in [5, 5.41) is 12.8. The molecule has 0 unspecified atom stereocenters. The SMILES string of the molecule is CCNC(=NCc1cccc(OCC(F)(F)F)c1)N1CC[C@@H](O)C1.I. The normalized spacial score (nSPS) is 18.0. The van der Waals surface area contributed by atoms with Gasteiger partial charge in [-0.2, -0.15) is 13.2 Å². The minimum absolute atomic E-state index is 0.